The van der Waals surface area contributed by atoms with E-state index in [4.69, 9.17) is 0 Å². The number of carbonyl (C=O) groups is 4. The number of nitrogens with zero attached hydrogens (tertiary/aromatic N) is 4. The summed E-state index contributed by atoms with van der Waals surface area (Å²) in [5, 5.41) is 25.4. The third-order valence-corrected chi connectivity index (χ3v) is 13.3. The van der Waals surface area contributed by atoms with Crippen LogP contribution in [0.4, 0.5) is 37.7 Å². The van der Waals surface area contributed by atoms with E-state index in [1.54, 1.807) is 99.0 Å². The Hall–Kier alpha value is -7.96. The molecule has 0 saturated heterocycles. The molecule has 0 radical (unpaired) electrons. The number of para-hydroxylation sites is 2. The zero-order valence-electron chi connectivity index (χ0n) is 41.5. The van der Waals surface area contributed by atoms with Gasteiger partial charge in [-0.15, -0.1) is 0 Å². The number of fused-ring (bicyclic) bond motifs is 2. The summed E-state index contributed by atoms with van der Waals surface area (Å²) in [5.41, 5.74) is 5.96. The van der Waals surface area contributed by atoms with Crippen LogP contribution in [0.5, 0.6) is 0 Å². The van der Waals surface area contributed by atoms with E-state index in [-0.39, 0.29) is 0 Å². The van der Waals surface area contributed by atoms with Gasteiger partial charge in [-0.1, -0.05) is 158 Å². The molecule has 18 heteroatoms. The Morgan fingerprint density at radius 1 is 0.500 bits per heavy atom. The average molecular weight is 1050 g/mol. The van der Waals surface area contributed by atoms with Gasteiger partial charge in [-0.3, -0.25) is 19.2 Å². The summed E-state index contributed by atoms with van der Waals surface area (Å²) < 4.78 is 79.1. The number of halogens is 6. The summed E-state index contributed by atoms with van der Waals surface area (Å²) in [6.45, 7) is -1.08. The second-order valence-corrected chi connectivity index (χ2v) is 18.3. The van der Waals surface area contributed by atoms with Gasteiger partial charge in [0.2, 0.25) is 24.1 Å². The molecule has 4 amide bonds. The monoisotopic (exact) mass is 1050 g/mol. The molecule has 76 heavy (non-hydrogen) atoms. The van der Waals surface area contributed by atoms with Crippen LogP contribution in [0.1, 0.15) is 70.9 Å². The van der Waals surface area contributed by atoms with Gasteiger partial charge in [-0.05, 0) is 36.1 Å². The second-order valence-electron chi connectivity index (χ2n) is 18.3. The van der Waals surface area contributed by atoms with Crippen molar-refractivity contribution in [1.29, 1.82) is 0 Å². The van der Waals surface area contributed by atoms with Gasteiger partial charge in [0.1, 0.15) is 0 Å². The van der Waals surface area contributed by atoms with E-state index in [1.807, 2.05) is 84.9 Å². The van der Waals surface area contributed by atoms with E-state index in [0.717, 1.165) is 0 Å². The van der Waals surface area contributed by atoms with E-state index in [9.17, 15) is 55.7 Å². The average Bonchev–Trinajstić information content (AvgIpc) is 3.59. The lowest BCUT2D eigenvalue weighted by atomic mass is 9.82. The van der Waals surface area contributed by atoms with Crippen LogP contribution in [0.2, 0.25) is 0 Å². The normalized spacial score (nSPS) is 17.2. The van der Waals surface area contributed by atoms with Crippen LogP contribution >= 0.6 is 0 Å². The van der Waals surface area contributed by atoms with Gasteiger partial charge in [0.05, 0.1) is 36.0 Å². The van der Waals surface area contributed by atoms with E-state index in [2.05, 4.69) is 20.6 Å². The zero-order valence-corrected chi connectivity index (χ0v) is 41.5. The summed E-state index contributed by atoms with van der Waals surface area (Å²) in [4.78, 5) is 66.0. The van der Waals surface area contributed by atoms with Crippen molar-refractivity contribution in [1.82, 2.24) is 10.6 Å². The van der Waals surface area contributed by atoms with E-state index in [0.29, 0.717) is 56.2 Å². The smallest absolute Gasteiger partial charge is 0.389 e. The Labute approximate surface area is 435 Å². The van der Waals surface area contributed by atoms with Crippen molar-refractivity contribution in [2.75, 3.05) is 37.1 Å². The predicted molar refractivity (Wildman–Crippen MR) is 278 cm³/mol. The molecule has 396 valence electrons. The van der Waals surface area contributed by atoms with Gasteiger partial charge >= 0.3 is 12.4 Å². The lowest BCUT2D eigenvalue weighted by molar-refractivity contribution is -0.144. The number of carbonyl (C=O) groups excluding carboxylic acids is 4. The molecule has 0 saturated carbocycles. The maximum Gasteiger partial charge on any atom is 0.389 e. The van der Waals surface area contributed by atoms with Gasteiger partial charge in [0, 0.05) is 72.9 Å². The van der Waals surface area contributed by atoms with Gasteiger partial charge in [0.25, 0.3) is 11.8 Å². The number of hydrogen-bond donors (Lipinski definition) is 4. The first-order chi connectivity index (χ1) is 36.4. The van der Waals surface area contributed by atoms with Crippen molar-refractivity contribution in [3.63, 3.8) is 0 Å². The fourth-order valence-corrected chi connectivity index (χ4v) is 9.37. The number of aliphatic imine (C=N–C) groups is 2. The van der Waals surface area contributed by atoms with Crippen LogP contribution in [-0.2, 0) is 19.2 Å². The molecule has 0 aliphatic carbocycles. The van der Waals surface area contributed by atoms with Crippen molar-refractivity contribution >= 4 is 46.4 Å². The highest BCUT2D eigenvalue weighted by atomic mass is 19.4. The van der Waals surface area contributed by atoms with Crippen molar-refractivity contribution in [2.24, 2.45) is 21.8 Å². The topological polar surface area (TPSA) is 164 Å². The molecule has 0 fully saturated rings. The highest BCUT2D eigenvalue weighted by Gasteiger charge is 2.40. The Morgan fingerprint density at radius 3 is 1.12 bits per heavy atom. The molecule has 0 spiro atoms. The zero-order chi connectivity index (χ0) is 54.6. The minimum Gasteiger partial charge on any atom is -0.396 e. The molecule has 8 rings (SSSR count). The van der Waals surface area contributed by atoms with Gasteiger partial charge in [-0.25, -0.2) is 9.98 Å². The highest BCUT2D eigenvalue weighted by Crippen LogP contribution is 2.36. The van der Waals surface area contributed by atoms with Gasteiger partial charge in [-0.2, -0.15) is 26.3 Å². The third kappa shape index (κ3) is 13.8. The molecule has 6 atom stereocenters. The van der Waals surface area contributed by atoms with Crippen molar-refractivity contribution in [3.8, 4) is 0 Å². The van der Waals surface area contributed by atoms with Crippen LogP contribution in [0.25, 0.3) is 0 Å². The molecule has 2 aliphatic rings. The SMILES string of the molecule is CN1C(=O)[C@@H](NC(=O)[C@@H](CCC(F)(F)F)C(CO)c2ccccc2)N=C(c2ccccc2)c2ccccc21.CN1C(=O)[C@@H](NC(=O)[C@H](CCC(F)(F)F)[C@@H](CO)c2ccccc2)N=C(c2ccccc2)c2ccccc21. The van der Waals surface area contributed by atoms with Gasteiger partial charge in [0.15, 0.2) is 0 Å². The molecule has 1 unspecified atom stereocenters. The molecule has 6 aromatic carbocycles. The first-order valence-electron chi connectivity index (χ1n) is 24.4. The van der Waals surface area contributed by atoms with Crippen molar-refractivity contribution < 1.29 is 55.7 Å². The number of benzodiazepines with no additional fused rings is 2. The number of aliphatic hydroxyl groups is 2. The van der Waals surface area contributed by atoms with Crippen LogP contribution in [0, 0.1) is 11.8 Å². The summed E-state index contributed by atoms with van der Waals surface area (Å²) >= 11 is 0. The Bertz CT molecular complexity index is 2800. The first kappa shape index (κ1) is 55.8. The number of rotatable bonds is 16. The van der Waals surface area contributed by atoms with Crippen LogP contribution in [-0.4, -0.2) is 97.3 Å². The van der Waals surface area contributed by atoms with Crippen molar-refractivity contribution in [3.05, 3.63) is 203 Å². The van der Waals surface area contributed by atoms with Crippen LogP contribution in [0.15, 0.2) is 180 Å². The van der Waals surface area contributed by atoms with Crippen LogP contribution < -0.4 is 20.4 Å². The van der Waals surface area contributed by atoms with E-state index in [1.165, 1.54) is 9.80 Å². The molecular formula is C58H56F6N6O6. The Balaban J connectivity index is 0.000000221. The third-order valence-electron chi connectivity index (χ3n) is 13.3. The molecule has 4 N–H and O–H groups in total. The molecular weight excluding hydrogens is 991 g/mol. The fraction of sp³-hybridized carbons (Fsp3) is 0.276. The predicted octanol–water partition coefficient (Wildman–Crippen LogP) is 9.36. The molecule has 0 aromatic heterocycles. The number of nitrogens with one attached hydrogen (secondary N) is 2. The summed E-state index contributed by atoms with van der Waals surface area (Å²) in [5.74, 6) is -6.93. The first-order valence-corrected chi connectivity index (χ1v) is 24.4. The summed E-state index contributed by atoms with van der Waals surface area (Å²) in [6.07, 6.45) is -15.3. The molecule has 0 bridgehead atoms. The number of amides is 4. The fourth-order valence-electron chi connectivity index (χ4n) is 9.37. The minimum atomic E-state index is -4.49. The number of hydrogen-bond acceptors (Lipinski definition) is 8. The van der Waals surface area contributed by atoms with Crippen LogP contribution in [0.3, 0.4) is 0 Å². The lowest BCUT2D eigenvalue weighted by Gasteiger charge is -2.28. The standard InChI is InChI=1S/2C29H28F3N3O3/c2*1-35-24-15-9-8-14-22(24)25(20-12-6-3-7-13-20)33-26(28(35)38)34-27(37)21(16-17-29(30,31)32)23(18-36)19-10-4-2-5-11-19/h2*2-15,21,23,26,36H,16-18H2,1H3,(H,34,37)/t21-,23?,26+;21-,23+,26-/m01/s1. The van der Waals surface area contributed by atoms with E-state index < -0.39 is 111 Å². The summed E-state index contributed by atoms with van der Waals surface area (Å²) in [6, 6.07) is 49.5. The van der Waals surface area contributed by atoms with E-state index >= 15 is 0 Å². The van der Waals surface area contributed by atoms with Crippen molar-refractivity contribution in [2.45, 2.75) is 62.2 Å². The Kier molecular flexibility index (Phi) is 18.4. The highest BCUT2D eigenvalue weighted by molar-refractivity contribution is 6.21. The number of likely N-dealkylation sites (N-methyl/N-ethyl adjacent to an activating group) is 2. The molecule has 2 heterocycles. The lowest BCUT2D eigenvalue weighted by Crippen LogP contribution is -2.49. The van der Waals surface area contributed by atoms with Gasteiger partial charge < -0.3 is 30.6 Å². The largest absolute Gasteiger partial charge is 0.396 e. The minimum absolute atomic E-state index is 0.470. The number of alkyl halides is 6. The molecule has 6 aromatic rings. The summed E-state index contributed by atoms with van der Waals surface area (Å²) in [7, 11) is 3.12. The number of aliphatic hydroxyl groups excluding tert-OH is 2. The Morgan fingerprint density at radius 2 is 0.803 bits per heavy atom. The number of benzene rings is 6. The molecule has 2 aliphatic heterocycles. The molecule has 12 nitrogen and oxygen atoms in total. The quantitative estimate of drug-likeness (QED) is 0.0706. The maximum absolute atomic E-state index is 13.6. The number of anilines is 2. The maximum atomic E-state index is 13.6. The second kappa shape index (κ2) is 25.0.